The van der Waals surface area contributed by atoms with Crippen LogP contribution < -0.4 is 5.32 Å². The molecule has 0 fully saturated rings. The van der Waals surface area contributed by atoms with Gasteiger partial charge in [-0.15, -0.1) is 0 Å². The zero-order valence-corrected chi connectivity index (χ0v) is 10.4. The lowest BCUT2D eigenvalue weighted by Crippen LogP contribution is -2.38. The number of carboxylic acid groups (broad SMARTS) is 1. The molecule has 0 aromatic rings. The van der Waals surface area contributed by atoms with Gasteiger partial charge in [-0.1, -0.05) is 13.8 Å². The van der Waals surface area contributed by atoms with Gasteiger partial charge in [0.1, 0.15) is 6.54 Å². The van der Waals surface area contributed by atoms with Crippen molar-refractivity contribution in [3.8, 4) is 0 Å². The van der Waals surface area contributed by atoms with E-state index in [1.54, 1.807) is 13.8 Å². The molecule has 0 saturated carbocycles. The van der Waals surface area contributed by atoms with E-state index in [1.165, 1.54) is 7.11 Å². The largest absolute Gasteiger partial charge is 0.481 e. The first-order valence-corrected chi connectivity index (χ1v) is 5.48. The summed E-state index contributed by atoms with van der Waals surface area (Å²) in [5, 5.41) is 11.5. The lowest BCUT2D eigenvalue weighted by atomic mass is 9.79. The summed E-state index contributed by atoms with van der Waals surface area (Å²) in [4.78, 5) is 33.5. The first-order valence-electron chi connectivity index (χ1n) is 5.48. The Morgan fingerprint density at radius 3 is 2.12 bits per heavy atom. The molecule has 2 N–H and O–H groups in total. The Kier molecular flexibility index (Phi) is 6.23. The van der Waals surface area contributed by atoms with Gasteiger partial charge in [0.25, 0.3) is 0 Å². The topological polar surface area (TPSA) is 92.7 Å². The summed E-state index contributed by atoms with van der Waals surface area (Å²) in [6, 6.07) is 0. The van der Waals surface area contributed by atoms with Gasteiger partial charge >= 0.3 is 11.9 Å². The summed E-state index contributed by atoms with van der Waals surface area (Å²) in [7, 11) is 1.22. The molecule has 0 heterocycles. The minimum Gasteiger partial charge on any atom is -0.481 e. The van der Waals surface area contributed by atoms with Gasteiger partial charge in [-0.25, -0.2) is 0 Å². The highest BCUT2D eigenvalue weighted by atomic mass is 16.5. The van der Waals surface area contributed by atoms with Crippen molar-refractivity contribution in [2.45, 2.75) is 33.1 Å². The first kappa shape index (κ1) is 15.4. The zero-order valence-electron chi connectivity index (χ0n) is 10.4. The van der Waals surface area contributed by atoms with Crippen molar-refractivity contribution in [3.63, 3.8) is 0 Å². The van der Waals surface area contributed by atoms with Crippen molar-refractivity contribution >= 4 is 17.8 Å². The molecule has 0 unspecified atom stereocenters. The summed E-state index contributed by atoms with van der Waals surface area (Å²) in [6.07, 6.45) is 0.598. The van der Waals surface area contributed by atoms with Crippen LogP contribution in [0.15, 0.2) is 0 Å². The quantitative estimate of drug-likeness (QED) is 0.639. The van der Waals surface area contributed by atoms with Crippen LogP contribution in [0.2, 0.25) is 0 Å². The SMILES string of the molecule is CCC(CC)(CC(=O)NCC(=O)OC)C(=O)O. The van der Waals surface area contributed by atoms with Crippen molar-refractivity contribution in [3.05, 3.63) is 0 Å². The van der Waals surface area contributed by atoms with Crippen LogP contribution in [0.4, 0.5) is 0 Å². The highest BCUT2D eigenvalue weighted by molar-refractivity contribution is 5.87. The van der Waals surface area contributed by atoms with Gasteiger partial charge in [-0.05, 0) is 12.8 Å². The molecule has 98 valence electrons. The molecule has 0 atom stereocenters. The van der Waals surface area contributed by atoms with Crippen LogP contribution in [0, 0.1) is 5.41 Å². The minimum atomic E-state index is -1.06. The molecule has 0 saturated heterocycles. The molecule has 17 heavy (non-hydrogen) atoms. The van der Waals surface area contributed by atoms with E-state index in [2.05, 4.69) is 10.1 Å². The summed E-state index contributed by atoms with van der Waals surface area (Å²) >= 11 is 0. The van der Waals surface area contributed by atoms with Crippen molar-refractivity contribution in [1.82, 2.24) is 5.32 Å². The summed E-state index contributed by atoms with van der Waals surface area (Å²) in [5.41, 5.74) is -1.06. The zero-order chi connectivity index (χ0) is 13.5. The van der Waals surface area contributed by atoms with Crippen LogP contribution in [0.25, 0.3) is 0 Å². The molecule has 0 rings (SSSR count). The van der Waals surface area contributed by atoms with Crippen LogP contribution in [0.1, 0.15) is 33.1 Å². The maximum absolute atomic E-state index is 11.5. The van der Waals surface area contributed by atoms with Gasteiger partial charge in [0, 0.05) is 6.42 Å². The van der Waals surface area contributed by atoms with E-state index in [0.29, 0.717) is 12.8 Å². The van der Waals surface area contributed by atoms with Crippen LogP contribution in [0.5, 0.6) is 0 Å². The van der Waals surface area contributed by atoms with Gasteiger partial charge < -0.3 is 15.2 Å². The van der Waals surface area contributed by atoms with E-state index < -0.39 is 23.3 Å². The van der Waals surface area contributed by atoms with E-state index in [0.717, 1.165) is 0 Å². The van der Waals surface area contributed by atoms with Crippen LogP contribution in [-0.2, 0) is 19.1 Å². The number of nitrogens with one attached hydrogen (secondary N) is 1. The summed E-state index contributed by atoms with van der Waals surface area (Å²) in [5.74, 6) is -2.01. The fourth-order valence-corrected chi connectivity index (χ4v) is 1.49. The Labute approximate surface area is 100 Å². The van der Waals surface area contributed by atoms with Crippen molar-refractivity contribution < 1.29 is 24.2 Å². The smallest absolute Gasteiger partial charge is 0.325 e. The number of ether oxygens (including phenoxy) is 1. The number of aliphatic carboxylic acids is 1. The number of methoxy groups -OCH3 is 1. The molecule has 0 aliphatic heterocycles. The third kappa shape index (κ3) is 4.42. The molecule has 6 heteroatoms. The van der Waals surface area contributed by atoms with Crippen molar-refractivity contribution in [2.24, 2.45) is 5.41 Å². The normalized spacial score (nSPS) is 10.8. The molecule has 0 spiro atoms. The van der Waals surface area contributed by atoms with Gasteiger partial charge in [0.2, 0.25) is 5.91 Å². The molecular weight excluding hydrogens is 226 g/mol. The highest BCUT2D eigenvalue weighted by Crippen LogP contribution is 2.30. The van der Waals surface area contributed by atoms with Gasteiger partial charge in [-0.2, -0.15) is 0 Å². The number of esters is 1. The minimum absolute atomic E-state index is 0.133. The second-order valence-electron chi connectivity index (χ2n) is 3.82. The average Bonchev–Trinajstić information content (AvgIpc) is 2.32. The van der Waals surface area contributed by atoms with Crippen LogP contribution in [-0.4, -0.2) is 36.6 Å². The predicted molar refractivity (Wildman–Crippen MR) is 60.3 cm³/mol. The Balaban J connectivity index is 4.42. The van der Waals surface area contributed by atoms with Gasteiger partial charge in [0.15, 0.2) is 0 Å². The molecule has 1 amide bonds. The molecule has 6 nitrogen and oxygen atoms in total. The molecule has 0 aromatic carbocycles. The Hall–Kier alpha value is -1.59. The van der Waals surface area contributed by atoms with Crippen molar-refractivity contribution in [2.75, 3.05) is 13.7 Å². The van der Waals surface area contributed by atoms with Gasteiger partial charge in [-0.3, -0.25) is 14.4 Å². The monoisotopic (exact) mass is 245 g/mol. The molecule has 0 bridgehead atoms. The third-order valence-corrected chi connectivity index (χ3v) is 2.96. The maximum atomic E-state index is 11.5. The first-order chi connectivity index (χ1) is 7.91. The molecular formula is C11H19NO5. The van der Waals surface area contributed by atoms with Crippen LogP contribution in [0.3, 0.4) is 0 Å². The van der Waals surface area contributed by atoms with E-state index >= 15 is 0 Å². The fourth-order valence-electron chi connectivity index (χ4n) is 1.49. The van der Waals surface area contributed by atoms with E-state index in [-0.39, 0.29) is 13.0 Å². The standard InChI is InChI=1S/C11H19NO5/c1-4-11(5-2,10(15)16)6-8(13)12-7-9(14)17-3/h4-7H2,1-3H3,(H,12,13)(H,15,16). The lowest BCUT2D eigenvalue weighted by molar-refractivity contribution is -0.152. The van der Waals surface area contributed by atoms with E-state index in [4.69, 9.17) is 5.11 Å². The molecule has 0 aliphatic rings. The fraction of sp³-hybridized carbons (Fsp3) is 0.727. The average molecular weight is 245 g/mol. The second kappa shape index (κ2) is 6.88. The number of rotatable bonds is 7. The maximum Gasteiger partial charge on any atom is 0.325 e. The Bertz CT molecular complexity index is 296. The highest BCUT2D eigenvalue weighted by Gasteiger charge is 2.37. The number of hydrogen-bond acceptors (Lipinski definition) is 4. The molecule has 0 aromatic heterocycles. The third-order valence-electron chi connectivity index (χ3n) is 2.96. The lowest BCUT2D eigenvalue weighted by Gasteiger charge is -2.25. The van der Waals surface area contributed by atoms with Gasteiger partial charge in [0.05, 0.1) is 12.5 Å². The molecule has 0 radical (unpaired) electrons. The summed E-state index contributed by atoms with van der Waals surface area (Å²) < 4.78 is 4.36. The predicted octanol–water partition coefficient (Wildman–Crippen LogP) is 0.557. The Morgan fingerprint density at radius 1 is 1.24 bits per heavy atom. The Morgan fingerprint density at radius 2 is 1.76 bits per heavy atom. The van der Waals surface area contributed by atoms with Crippen molar-refractivity contribution in [1.29, 1.82) is 0 Å². The second-order valence-corrected chi connectivity index (χ2v) is 3.82. The molecule has 0 aliphatic carbocycles. The van der Waals surface area contributed by atoms with E-state index in [1.807, 2.05) is 0 Å². The van der Waals surface area contributed by atoms with E-state index in [9.17, 15) is 14.4 Å². The summed E-state index contributed by atoms with van der Waals surface area (Å²) in [6.45, 7) is 3.22. The number of carbonyl (C=O) groups excluding carboxylic acids is 2. The number of hydrogen-bond donors (Lipinski definition) is 2. The number of carboxylic acids is 1. The number of carbonyl (C=O) groups is 3. The number of amides is 1. The van der Waals surface area contributed by atoms with Crippen LogP contribution >= 0.6 is 0 Å².